The first-order valence-corrected chi connectivity index (χ1v) is 6.38. The minimum atomic E-state index is -0.0312. The molecule has 4 heteroatoms. The molecule has 1 aromatic rings. The molecule has 1 unspecified atom stereocenters. The molecular weight excluding hydrogens is 226 g/mol. The SMILES string of the molecule is Cc1cccnc1C(=O)N1CCC(N)C(C)(C)C1. The fourth-order valence-electron chi connectivity index (χ4n) is 2.41. The van der Waals surface area contributed by atoms with Crippen LogP contribution in [0.3, 0.4) is 0 Å². The van der Waals surface area contributed by atoms with E-state index in [1.807, 2.05) is 24.0 Å². The van der Waals surface area contributed by atoms with Gasteiger partial charge in [-0.3, -0.25) is 9.78 Å². The Morgan fingerprint density at radius 2 is 2.28 bits per heavy atom. The lowest BCUT2D eigenvalue weighted by atomic mass is 9.79. The molecule has 1 aliphatic rings. The molecule has 1 aliphatic heterocycles. The van der Waals surface area contributed by atoms with Crippen LogP contribution in [0.2, 0.25) is 0 Å². The Morgan fingerprint density at radius 1 is 1.56 bits per heavy atom. The highest BCUT2D eigenvalue weighted by molar-refractivity contribution is 5.93. The van der Waals surface area contributed by atoms with Crippen LogP contribution in [-0.4, -0.2) is 34.9 Å². The Labute approximate surface area is 108 Å². The number of hydrogen-bond donors (Lipinski definition) is 1. The summed E-state index contributed by atoms with van der Waals surface area (Å²) in [5.74, 6) is 0.0214. The van der Waals surface area contributed by atoms with E-state index in [-0.39, 0.29) is 17.4 Å². The number of aromatic nitrogens is 1. The number of likely N-dealkylation sites (tertiary alicyclic amines) is 1. The van der Waals surface area contributed by atoms with Gasteiger partial charge in [-0.15, -0.1) is 0 Å². The molecule has 0 aliphatic carbocycles. The quantitative estimate of drug-likeness (QED) is 0.820. The van der Waals surface area contributed by atoms with Crippen LogP contribution < -0.4 is 5.73 Å². The molecule has 2 rings (SSSR count). The number of pyridine rings is 1. The van der Waals surface area contributed by atoms with Crippen molar-refractivity contribution >= 4 is 5.91 Å². The van der Waals surface area contributed by atoms with Gasteiger partial charge in [0, 0.05) is 25.3 Å². The van der Waals surface area contributed by atoms with E-state index in [2.05, 4.69) is 18.8 Å². The van der Waals surface area contributed by atoms with E-state index in [9.17, 15) is 4.79 Å². The number of carbonyl (C=O) groups excluding carboxylic acids is 1. The number of hydrogen-bond acceptors (Lipinski definition) is 3. The van der Waals surface area contributed by atoms with Gasteiger partial charge in [-0.05, 0) is 30.4 Å². The highest BCUT2D eigenvalue weighted by Gasteiger charge is 2.36. The Morgan fingerprint density at radius 3 is 2.89 bits per heavy atom. The van der Waals surface area contributed by atoms with E-state index >= 15 is 0 Å². The van der Waals surface area contributed by atoms with Gasteiger partial charge >= 0.3 is 0 Å². The summed E-state index contributed by atoms with van der Waals surface area (Å²) in [6.07, 6.45) is 2.52. The van der Waals surface area contributed by atoms with Gasteiger partial charge in [-0.2, -0.15) is 0 Å². The van der Waals surface area contributed by atoms with Gasteiger partial charge in [0.25, 0.3) is 5.91 Å². The van der Waals surface area contributed by atoms with Crippen molar-refractivity contribution in [1.29, 1.82) is 0 Å². The van der Waals surface area contributed by atoms with Gasteiger partial charge in [-0.1, -0.05) is 19.9 Å². The summed E-state index contributed by atoms with van der Waals surface area (Å²) >= 11 is 0. The summed E-state index contributed by atoms with van der Waals surface area (Å²) in [5.41, 5.74) is 7.54. The number of rotatable bonds is 1. The smallest absolute Gasteiger partial charge is 0.272 e. The fourth-order valence-corrected chi connectivity index (χ4v) is 2.41. The largest absolute Gasteiger partial charge is 0.337 e. The molecule has 2 N–H and O–H groups in total. The Balaban J connectivity index is 2.18. The Kier molecular flexibility index (Phi) is 3.39. The predicted molar refractivity (Wildman–Crippen MR) is 71.3 cm³/mol. The summed E-state index contributed by atoms with van der Waals surface area (Å²) in [6, 6.07) is 3.93. The summed E-state index contributed by atoms with van der Waals surface area (Å²) < 4.78 is 0. The van der Waals surface area contributed by atoms with Crippen LogP contribution in [0.25, 0.3) is 0 Å². The van der Waals surface area contributed by atoms with Crippen molar-refractivity contribution in [3.8, 4) is 0 Å². The fraction of sp³-hybridized carbons (Fsp3) is 0.571. The first kappa shape index (κ1) is 13.0. The van der Waals surface area contributed by atoms with Gasteiger partial charge in [0.1, 0.15) is 5.69 Å². The average molecular weight is 247 g/mol. The summed E-state index contributed by atoms with van der Waals surface area (Å²) in [5, 5.41) is 0. The highest BCUT2D eigenvalue weighted by Crippen LogP contribution is 2.28. The van der Waals surface area contributed by atoms with Crippen molar-refractivity contribution in [3.05, 3.63) is 29.6 Å². The van der Waals surface area contributed by atoms with Crippen LogP contribution >= 0.6 is 0 Å². The molecule has 1 amide bonds. The number of amides is 1. The molecule has 98 valence electrons. The second-order valence-electron chi connectivity index (χ2n) is 5.78. The van der Waals surface area contributed by atoms with Crippen molar-refractivity contribution < 1.29 is 4.79 Å². The van der Waals surface area contributed by atoms with Crippen LogP contribution in [0.5, 0.6) is 0 Å². The molecule has 0 radical (unpaired) electrons. The summed E-state index contributed by atoms with van der Waals surface area (Å²) in [6.45, 7) is 7.56. The zero-order valence-corrected chi connectivity index (χ0v) is 11.3. The lowest BCUT2D eigenvalue weighted by Crippen LogP contribution is -2.54. The van der Waals surface area contributed by atoms with Crippen molar-refractivity contribution in [3.63, 3.8) is 0 Å². The lowest BCUT2D eigenvalue weighted by Gasteiger charge is -2.42. The second kappa shape index (κ2) is 4.69. The zero-order chi connectivity index (χ0) is 13.3. The van der Waals surface area contributed by atoms with E-state index in [1.165, 1.54) is 0 Å². The van der Waals surface area contributed by atoms with Crippen LogP contribution in [0.4, 0.5) is 0 Å². The molecule has 1 fully saturated rings. The first-order valence-electron chi connectivity index (χ1n) is 6.38. The molecule has 0 aromatic carbocycles. The standard InChI is InChI=1S/C14H21N3O/c1-10-5-4-7-16-12(10)13(18)17-8-6-11(15)14(2,3)9-17/h4-5,7,11H,6,8-9,15H2,1-3H3. The maximum atomic E-state index is 12.4. The second-order valence-corrected chi connectivity index (χ2v) is 5.78. The molecular formula is C14H21N3O. The van der Waals surface area contributed by atoms with Gasteiger partial charge in [-0.25, -0.2) is 0 Å². The topological polar surface area (TPSA) is 59.2 Å². The van der Waals surface area contributed by atoms with Crippen molar-refractivity contribution in [2.24, 2.45) is 11.1 Å². The number of aryl methyl sites for hydroxylation is 1. The molecule has 2 heterocycles. The zero-order valence-electron chi connectivity index (χ0n) is 11.3. The number of nitrogens with two attached hydrogens (primary N) is 1. The molecule has 1 aromatic heterocycles. The maximum absolute atomic E-state index is 12.4. The summed E-state index contributed by atoms with van der Waals surface area (Å²) in [7, 11) is 0. The van der Waals surface area contributed by atoms with E-state index in [0.717, 1.165) is 18.5 Å². The molecule has 0 bridgehead atoms. The lowest BCUT2D eigenvalue weighted by molar-refractivity contribution is 0.0526. The van der Waals surface area contributed by atoms with Crippen LogP contribution in [0.1, 0.15) is 36.3 Å². The number of nitrogens with zero attached hydrogens (tertiary/aromatic N) is 2. The third-order valence-corrected chi connectivity index (χ3v) is 3.81. The first-order chi connectivity index (χ1) is 8.42. The van der Waals surface area contributed by atoms with Crippen molar-refractivity contribution in [1.82, 2.24) is 9.88 Å². The van der Waals surface area contributed by atoms with Gasteiger partial charge in [0.2, 0.25) is 0 Å². The molecule has 0 spiro atoms. The molecule has 1 atom stereocenters. The third kappa shape index (κ3) is 2.38. The molecule has 1 saturated heterocycles. The summed E-state index contributed by atoms with van der Waals surface area (Å²) in [4.78, 5) is 18.5. The molecule has 0 saturated carbocycles. The van der Waals surface area contributed by atoms with Crippen LogP contribution in [0, 0.1) is 12.3 Å². The van der Waals surface area contributed by atoms with E-state index in [4.69, 9.17) is 5.73 Å². The monoisotopic (exact) mass is 247 g/mol. The highest BCUT2D eigenvalue weighted by atomic mass is 16.2. The van der Waals surface area contributed by atoms with E-state index in [1.54, 1.807) is 6.20 Å². The van der Waals surface area contributed by atoms with E-state index in [0.29, 0.717) is 12.2 Å². The van der Waals surface area contributed by atoms with Gasteiger partial charge in [0.15, 0.2) is 0 Å². The third-order valence-electron chi connectivity index (χ3n) is 3.81. The maximum Gasteiger partial charge on any atom is 0.272 e. The number of carbonyl (C=O) groups is 1. The minimum absolute atomic E-state index is 0.0214. The average Bonchev–Trinajstić information content (AvgIpc) is 2.32. The van der Waals surface area contributed by atoms with Crippen LogP contribution in [-0.2, 0) is 0 Å². The Bertz CT molecular complexity index is 456. The number of piperidine rings is 1. The minimum Gasteiger partial charge on any atom is -0.337 e. The molecule has 18 heavy (non-hydrogen) atoms. The van der Waals surface area contributed by atoms with Crippen LogP contribution in [0.15, 0.2) is 18.3 Å². The van der Waals surface area contributed by atoms with Crippen molar-refractivity contribution in [2.75, 3.05) is 13.1 Å². The van der Waals surface area contributed by atoms with Crippen molar-refractivity contribution in [2.45, 2.75) is 33.2 Å². The molecule has 4 nitrogen and oxygen atoms in total. The van der Waals surface area contributed by atoms with E-state index < -0.39 is 0 Å². The van der Waals surface area contributed by atoms with Gasteiger partial charge < -0.3 is 10.6 Å². The predicted octanol–water partition coefficient (Wildman–Crippen LogP) is 1.59. The Hall–Kier alpha value is -1.42. The normalized spacial score (nSPS) is 22.9. The van der Waals surface area contributed by atoms with Gasteiger partial charge in [0.05, 0.1) is 0 Å².